The Hall–Kier alpha value is -2.59. The molecular weight excluding hydrogens is 338 g/mol. The largest absolute Gasteiger partial charge is 0.490 e. The van der Waals surface area contributed by atoms with Crippen LogP contribution in [-0.2, 0) is 9.57 Å². The van der Waals surface area contributed by atoms with Gasteiger partial charge in [-0.2, -0.15) is 0 Å². The van der Waals surface area contributed by atoms with Crippen molar-refractivity contribution >= 4 is 6.21 Å². The van der Waals surface area contributed by atoms with Crippen molar-refractivity contribution in [2.75, 3.05) is 20.3 Å². The molecule has 0 heterocycles. The van der Waals surface area contributed by atoms with Crippen LogP contribution in [-0.4, -0.2) is 32.1 Å². The van der Waals surface area contributed by atoms with Gasteiger partial charge in [-0.25, -0.2) is 0 Å². The molecule has 0 saturated heterocycles. The number of methoxy groups -OCH3 is 1. The fourth-order valence-electron chi connectivity index (χ4n) is 2.36. The summed E-state index contributed by atoms with van der Waals surface area (Å²) in [6, 6.07) is 16.2. The van der Waals surface area contributed by atoms with Gasteiger partial charge < -0.3 is 14.3 Å². The van der Waals surface area contributed by atoms with Crippen LogP contribution < -0.4 is 4.74 Å². The number of rotatable bonds is 9. The molecule has 0 radical (unpaired) electrons. The second-order valence-electron chi connectivity index (χ2n) is 7.11. The van der Waals surface area contributed by atoms with Gasteiger partial charge in [0.15, 0.2) is 0 Å². The Morgan fingerprint density at radius 1 is 0.963 bits per heavy atom. The molecule has 2 rings (SSSR count). The van der Waals surface area contributed by atoms with E-state index in [0.29, 0.717) is 6.61 Å². The van der Waals surface area contributed by atoms with Gasteiger partial charge in [0.2, 0.25) is 0 Å². The van der Waals surface area contributed by atoms with Crippen molar-refractivity contribution in [3.63, 3.8) is 0 Å². The molecule has 0 atom stereocenters. The van der Waals surface area contributed by atoms with Crippen LogP contribution in [0.3, 0.4) is 0 Å². The van der Waals surface area contributed by atoms with Gasteiger partial charge in [0, 0.05) is 19.3 Å². The van der Waals surface area contributed by atoms with Gasteiger partial charge in [0.05, 0.1) is 6.21 Å². The average Bonchev–Trinajstić information content (AvgIpc) is 2.65. The Bertz CT molecular complexity index is 743. The number of hydrogen-bond donors (Lipinski definition) is 0. The maximum atomic E-state index is 5.74. The minimum atomic E-state index is -0.303. The molecule has 2 aromatic rings. The summed E-state index contributed by atoms with van der Waals surface area (Å²) < 4.78 is 10.7. The fourth-order valence-corrected chi connectivity index (χ4v) is 2.36. The zero-order chi connectivity index (χ0) is 19.5. The van der Waals surface area contributed by atoms with E-state index in [1.54, 1.807) is 13.3 Å². The highest BCUT2D eigenvalue weighted by Crippen LogP contribution is 2.25. The lowest BCUT2D eigenvalue weighted by molar-refractivity contribution is 0.00199. The summed E-state index contributed by atoms with van der Waals surface area (Å²) in [5, 5.41) is 4.12. The van der Waals surface area contributed by atoms with Crippen molar-refractivity contribution in [1.29, 1.82) is 0 Å². The van der Waals surface area contributed by atoms with E-state index >= 15 is 0 Å². The Morgan fingerprint density at radius 3 is 2.41 bits per heavy atom. The Balaban J connectivity index is 2.01. The van der Waals surface area contributed by atoms with Crippen molar-refractivity contribution in [3.8, 4) is 16.9 Å². The van der Waals surface area contributed by atoms with Gasteiger partial charge in [-0.1, -0.05) is 53.7 Å². The first kappa shape index (κ1) is 20.7. The van der Waals surface area contributed by atoms with Crippen LogP contribution >= 0.6 is 0 Å². The lowest BCUT2D eigenvalue weighted by Gasteiger charge is -2.15. The van der Waals surface area contributed by atoms with E-state index in [2.05, 4.69) is 29.4 Å². The van der Waals surface area contributed by atoms with E-state index in [9.17, 15) is 0 Å². The summed E-state index contributed by atoms with van der Waals surface area (Å²) in [7, 11) is 1.70. The summed E-state index contributed by atoms with van der Waals surface area (Å²) in [4.78, 5) is 5.46. The minimum absolute atomic E-state index is 0.303. The van der Waals surface area contributed by atoms with Gasteiger partial charge in [-0.3, -0.25) is 0 Å². The van der Waals surface area contributed by atoms with Crippen LogP contribution in [0.15, 0.2) is 65.8 Å². The maximum absolute atomic E-state index is 5.74. The second-order valence-corrected chi connectivity index (χ2v) is 7.11. The van der Waals surface area contributed by atoms with Gasteiger partial charge in [0.1, 0.15) is 18.0 Å². The van der Waals surface area contributed by atoms with Crippen LogP contribution in [0.5, 0.6) is 5.75 Å². The molecule has 0 saturated carbocycles. The Labute approximate surface area is 162 Å². The molecule has 2 aromatic carbocycles. The first-order valence-electron chi connectivity index (χ1n) is 9.17. The van der Waals surface area contributed by atoms with Crippen molar-refractivity contribution in [1.82, 2.24) is 0 Å². The van der Waals surface area contributed by atoms with Crippen LogP contribution in [0.1, 0.15) is 32.8 Å². The lowest BCUT2D eigenvalue weighted by Crippen LogP contribution is -2.15. The summed E-state index contributed by atoms with van der Waals surface area (Å²) in [6.07, 6.45) is 6.73. The third-order valence-corrected chi connectivity index (χ3v) is 3.65. The molecule has 0 aliphatic carbocycles. The number of benzene rings is 2. The Kier molecular flexibility index (Phi) is 8.08. The summed E-state index contributed by atoms with van der Waals surface area (Å²) in [6.45, 7) is 7.20. The molecule has 0 N–H and O–H groups in total. The molecule has 0 aliphatic heterocycles. The van der Waals surface area contributed by atoms with Gasteiger partial charge >= 0.3 is 0 Å². The van der Waals surface area contributed by atoms with E-state index in [1.807, 2.05) is 57.2 Å². The SMILES string of the molecule is COCC/C=C\COc1ccc(-c2ccccc2/C=N/OC(C)(C)C)cc1. The number of nitrogens with zero attached hydrogens (tertiary/aromatic N) is 1. The zero-order valence-electron chi connectivity index (χ0n) is 16.6. The van der Waals surface area contributed by atoms with Gasteiger partial charge in [0.25, 0.3) is 0 Å². The quantitative estimate of drug-likeness (QED) is 0.255. The van der Waals surface area contributed by atoms with E-state index in [0.717, 1.165) is 35.5 Å². The van der Waals surface area contributed by atoms with E-state index < -0.39 is 0 Å². The monoisotopic (exact) mass is 367 g/mol. The first-order chi connectivity index (χ1) is 13.0. The van der Waals surface area contributed by atoms with Crippen molar-refractivity contribution in [2.24, 2.45) is 5.16 Å². The summed E-state index contributed by atoms with van der Waals surface area (Å²) >= 11 is 0. The minimum Gasteiger partial charge on any atom is -0.490 e. The van der Waals surface area contributed by atoms with Crippen LogP contribution in [0.25, 0.3) is 11.1 Å². The summed E-state index contributed by atoms with van der Waals surface area (Å²) in [5.41, 5.74) is 2.92. The molecule has 27 heavy (non-hydrogen) atoms. The molecule has 4 nitrogen and oxygen atoms in total. The van der Waals surface area contributed by atoms with Gasteiger partial charge in [-0.15, -0.1) is 0 Å². The van der Waals surface area contributed by atoms with Crippen LogP contribution in [0, 0.1) is 0 Å². The van der Waals surface area contributed by atoms with E-state index in [1.165, 1.54) is 0 Å². The summed E-state index contributed by atoms with van der Waals surface area (Å²) in [5.74, 6) is 0.845. The van der Waals surface area contributed by atoms with Crippen molar-refractivity contribution in [2.45, 2.75) is 32.8 Å². The molecule has 0 fully saturated rings. The highest BCUT2D eigenvalue weighted by Gasteiger charge is 2.10. The molecule has 0 unspecified atom stereocenters. The van der Waals surface area contributed by atoms with Crippen molar-refractivity contribution < 1.29 is 14.3 Å². The topological polar surface area (TPSA) is 40.0 Å². The molecular formula is C23H29NO3. The molecule has 0 bridgehead atoms. The highest BCUT2D eigenvalue weighted by molar-refractivity contribution is 5.90. The molecule has 4 heteroatoms. The predicted molar refractivity (Wildman–Crippen MR) is 111 cm³/mol. The van der Waals surface area contributed by atoms with Crippen molar-refractivity contribution in [3.05, 3.63) is 66.2 Å². The van der Waals surface area contributed by atoms with Gasteiger partial charge in [-0.05, 0) is 50.5 Å². The van der Waals surface area contributed by atoms with Crippen LogP contribution in [0.2, 0.25) is 0 Å². The molecule has 0 amide bonds. The number of oxime groups is 1. The first-order valence-corrected chi connectivity index (χ1v) is 9.17. The third-order valence-electron chi connectivity index (χ3n) is 3.65. The Morgan fingerprint density at radius 2 is 1.70 bits per heavy atom. The van der Waals surface area contributed by atoms with Crippen LogP contribution in [0.4, 0.5) is 0 Å². The maximum Gasteiger partial charge on any atom is 0.129 e. The number of hydrogen-bond acceptors (Lipinski definition) is 4. The highest BCUT2D eigenvalue weighted by atomic mass is 16.6. The molecule has 0 spiro atoms. The lowest BCUT2D eigenvalue weighted by atomic mass is 10.0. The molecule has 0 aromatic heterocycles. The fraction of sp³-hybridized carbons (Fsp3) is 0.348. The third kappa shape index (κ3) is 7.67. The second kappa shape index (κ2) is 10.5. The number of ether oxygens (including phenoxy) is 2. The molecule has 0 aliphatic rings. The normalized spacial score (nSPS) is 12.0. The van der Waals surface area contributed by atoms with E-state index in [4.69, 9.17) is 14.3 Å². The predicted octanol–water partition coefficient (Wildman–Crippen LogP) is 5.47. The molecule has 144 valence electrons. The smallest absolute Gasteiger partial charge is 0.129 e. The average molecular weight is 367 g/mol. The standard InChI is InChI=1S/C23H29NO3/c1-23(2,3)27-24-18-20-10-6-7-11-22(20)19-12-14-21(15-13-19)26-17-9-5-8-16-25-4/h5-7,9-15,18H,8,16-17H2,1-4H3/b9-5-,24-18+. The zero-order valence-corrected chi connectivity index (χ0v) is 16.6. The van der Waals surface area contributed by atoms with E-state index in [-0.39, 0.29) is 5.60 Å².